The number of aromatic nitrogens is 1. The Bertz CT molecular complexity index is 907. The highest BCUT2D eigenvalue weighted by molar-refractivity contribution is 5.96. The van der Waals surface area contributed by atoms with E-state index in [0.717, 1.165) is 12.1 Å². The average molecular weight is 376 g/mol. The second-order valence-electron chi connectivity index (χ2n) is 6.50. The Morgan fingerprint density at radius 3 is 2.52 bits per heavy atom. The number of aliphatic carboxylic acids is 1. The Morgan fingerprint density at radius 1 is 1.26 bits per heavy atom. The van der Waals surface area contributed by atoms with Crippen molar-refractivity contribution >= 4 is 11.9 Å². The molecule has 1 aromatic carbocycles. The van der Waals surface area contributed by atoms with Crippen molar-refractivity contribution in [3.8, 4) is 5.75 Å². The molecule has 8 heteroatoms. The highest BCUT2D eigenvalue weighted by Gasteiger charge is 2.24. The molecule has 1 atom stereocenters. The van der Waals surface area contributed by atoms with Crippen molar-refractivity contribution in [1.29, 1.82) is 0 Å². The summed E-state index contributed by atoms with van der Waals surface area (Å²) < 4.78 is 18.7. The first-order valence-corrected chi connectivity index (χ1v) is 8.31. The molecule has 1 heterocycles. The molecule has 0 bridgehead atoms. The summed E-state index contributed by atoms with van der Waals surface area (Å²) in [5.74, 6) is -2.63. The van der Waals surface area contributed by atoms with Crippen LogP contribution in [-0.2, 0) is 11.2 Å². The molecule has 0 fully saturated rings. The molecule has 27 heavy (non-hydrogen) atoms. The summed E-state index contributed by atoms with van der Waals surface area (Å²) in [6, 6.07) is 4.73. The van der Waals surface area contributed by atoms with Gasteiger partial charge in [-0.3, -0.25) is 9.59 Å². The highest BCUT2D eigenvalue weighted by Crippen LogP contribution is 2.22. The molecule has 3 N–H and O–H groups in total. The van der Waals surface area contributed by atoms with Gasteiger partial charge in [-0.1, -0.05) is 19.9 Å². The quantitative estimate of drug-likeness (QED) is 0.687. The molecule has 2 aromatic rings. The topological polar surface area (TPSA) is 108 Å². The van der Waals surface area contributed by atoms with Gasteiger partial charge < -0.3 is 20.1 Å². The van der Waals surface area contributed by atoms with Gasteiger partial charge in [0.05, 0.1) is 7.11 Å². The van der Waals surface area contributed by atoms with Crippen molar-refractivity contribution in [2.45, 2.75) is 26.3 Å². The molecule has 1 amide bonds. The molecule has 1 aromatic heterocycles. The van der Waals surface area contributed by atoms with E-state index in [1.54, 1.807) is 0 Å². The van der Waals surface area contributed by atoms with Crippen LogP contribution in [0.25, 0.3) is 0 Å². The minimum atomic E-state index is -1.48. The van der Waals surface area contributed by atoms with Crippen molar-refractivity contribution < 1.29 is 23.8 Å². The number of hydrogen-bond acceptors (Lipinski definition) is 4. The van der Waals surface area contributed by atoms with Gasteiger partial charge in [-0.25, -0.2) is 9.18 Å². The van der Waals surface area contributed by atoms with Crippen LogP contribution in [0.2, 0.25) is 0 Å². The van der Waals surface area contributed by atoms with Crippen molar-refractivity contribution in [3.63, 3.8) is 0 Å². The summed E-state index contributed by atoms with van der Waals surface area (Å²) in [6.45, 7) is 3.92. The Balaban J connectivity index is 2.30. The van der Waals surface area contributed by atoms with Crippen molar-refractivity contribution in [2.75, 3.05) is 7.11 Å². The Labute approximate surface area is 155 Å². The Hall–Kier alpha value is -3.16. The summed E-state index contributed by atoms with van der Waals surface area (Å²) in [4.78, 5) is 38.5. The first-order chi connectivity index (χ1) is 12.7. The van der Waals surface area contributed by atoms with E-state index in [-0.39, 0.29) is 22.8 Å². The minimum Gasteiger partial charge on any atom is -0.494 e. The van der Waals surface area contributed by atoms with Gasteiger partial charge in [0.25, 0.3) is 5.91 Å². The molecule has 0 saturated heterocycles. The number of halogens is 1. The summed E-state index contributed by atoms with van der Waals surface area (Å²) in [5.41, 5.74) is 0.196. The van der Waals surface area contributed by atoms with Crippen LogP contribution in [0.15, 0.2) is 35.1 Å². The fourth-order valence-corrected chi connectivity index (χ4v) is 2.65. The third-order valence-corrected chi connectivity index (χ3v) is 3.82. The number of carbonyl (C=O) groups is 2. The Kier molecular flexibility index (Phi) is 6.33. The number of carbonyl (C=O) groups excluding carboxylic acids is 1. The predicted molar refractivity (Wildman–Crippen MR) is 96.4 cm³/mol. The Morgan fingerprint density at radius 2 is 1.96 bits per heavy atom. The predicted octanol–water partition coefficient (Wildman–Crippen LogP) is 2.28. The molecule has 0 spiro atoms. The summed E-state index contributed by atoms with van der Waals surface area (Å²) in [7, 11) is 1.29. The van der Waals surface area contributed by atoms with Crippen LogP contribution in [0, 0.1) is 11.7 Å². The van der Waals surface area contributed by atoms with E-state index in [1.807, 2.05) is 13.8 Å². The van der Waals surface area contributed by atoms with Crippen LogP contribution in [0.5, 0.6) is 5.75 Å². The largest absolute Gasteiger partial charge is 0.494 e. The molecule has 0 aliphatic carbocycles. The third kappa shape index (κ3) is 5.16. The van der Waals surface area contributed by atoms with Gasteiger partial charge in [0.1, 0.15) is 0 Å². The minimum absolute atomic E-state index is 0.0367. The zero-order valence-corrected chi connectivity index (χ0v) is 15.2. The summed E-state index contributed by atoms with van der Waals surface area (Å²) >= 11 is 0. The lowest BCUT2D eigenvalue weighted by molar-refractivity contribution is -0.139. The van der Waals surface area contributed by atoms with Crippen LogP contribution >= 0.6 is 0 Å². The molecular weight excluding hydrogens is 355 g/mol. The second kappa shape index (κ2) is 8.48. The zero-order valence-electron chi connectivity index (χ0n) is 15.2. The maximum Gasteiger partial charge on any atom is 0.330 e. The molecular formula is C19H21FN2O5. The van der Waals surface area contributed by atoms with E-state index in [2.05, 4.69) is 10.3 Å². The zero-order chi connectivity index (χ0) is 20.1. The lowest BCUT2D eigenvalue weighted by Gasteiger charge is -2.16. The third-order valence-electron chi connectivity index (χ3n) is 3.82. The van der Waals surface area contributed by atoms with Gasteiger partial charge in [-0.2, -0.15) is 0 Å². The van der Waals surface area contributed by atoms with Crippen LogP contribution < -0.4 is 15.6 Å². The molecule has 144 valence electrons. The van der Waals surface area contributed by atoms with Crippen LogP contribution in [0.1, 0.15) is 41.5 Å². The lowest BCUT2D eigenvalue weighted by Crippen LogP contribution is -2.34. The highest BCUT2D eigenvalue weighted by atomic mass is 19.1. The molecule has 0 aliphatic rings. The molecule has 0 radical (unpaired) electrons. The van der Waals surface area contributed by atoms with Crippen LogP contribution in [-0.4, -0.2) is 29.1 Å². The molecule has 7 nitrogen and oxygen atoms in total. The van der Waals surface area contributed by atoms with Crippen LogP contribution in [0.4, 0.5) is 4.39 Å². The number of nitrogens with one attached hydrogen (secondary N) is 2. The smallest absolute Gasteiger partial charge is 0.330 e. The van der Waals surface area contributed by atoms with E-state index in [1.165, 1.54) is 25.3 Å². The van der Waals surface area contributed by atoms with E-state index >= 15 is 0 Å². The molecule has 0 saturated carbocycles. The van der Waals surface area contributed by atoms with Crippen molar-refractivity contribution in [2.24, 2.45) is 5.92 Å². The number of aromatic amines is 1. The SMILES string of the molecule is COc1ccc(C(NC(=O)c2cc(CC(C)C)[nH]c(=O)c2)C(=O)O)cc1F. The number of rotatable bonds is 7. The summed E-state index contributed by atoms with van der Waals surface area (Å²) in [5, 5.41) is 11.8. The fourth-order valence-electron chi connectivity index (χ4n) is 2.65. The first-order valence-electron chi connectivity index (χ1n) is 8.31. The normalized spacial score (nSPS) is 11.9. The molecule has 1 unspecified atom stereocenters. The van der Waals surface area contributed by atoms with Crippen molar-refractivity contribution in [1.82, 2.24) is 10.3 Å². The number of ether oxygens (including phenoxy) is 1. The van der Waals surface area contributed by atoms with Gasteiger partial charge in [0.15, 0.2) is 17.6 Å². The average Bonchev–Trinajstić information content (AvgIpc) is 2.58. The second-order valence-corrected chi connectivity index (χ2v) is 6.50. The van der Waals surface area contributed by atoms with Gasteiger partial charge in [-0.05, 0) is 36.1 Å². The van der Waals surface area contributed by atoms with Gasteiger partial charge in [0.2, 0.25) is 5.56 Å². The first kappa shape index (κ1) is 20.2. The van der Waals surface area contributed by atoms with Gasteiger partial charge in [0, 0.05) is 17.3 Å². The monoisotopic (exact) mass is 376 g/mol. The standard InChI is InChI=1S/C19H21FN2O5/c1-10(2)6-13-7-12(9-16(23)21-13)18(24)22-17(19(25)26)11-4-5-15(27-3)14(20)8-11/h4-5,7-10,17H,6H2,1-3H3,(H,21,23)(H,22,24)(H,25,26). The number of pyridine rings is 1. The van der Waals surface area contributed by atoms with E-state index < -0.39 is 29.3 Å². The number of hydrogen-bond donors (Lipinski definition) is 3. The van der Waals surface area contributed by atoms with E-state index in [0.29, 0.717) is 12.1 Å². The number of benzene rings is 1. The number of methoxy groups -OCH3 is 1. The van der Waals surface area contributed by atoms with Gasteiger partial charge >= 0.3 is 5.97 Å². The molecule has 0 aliphatic heterocycles. The number of H-pyrrole nitrogens is 1. The number of carboxylic acid groups (broad SMARTS) is 1. The van der Waals surface area contributed by atoms with E-state index in [9.17, 15) is 23.9 Å². The number of amides is 1. The summed E-state index contributed by atoms with van der Waals surface area (Å²) in [6.07, 6.45) is 0.558. The van der Waals surface area contributed by atoms with Crippen molar-refractivity contribution in [3.05, 3.63) is 63.3 Å². The van der Waals surface area contributed by atoms with E-state index in [4.69, 9.17) is 4.74 Å². The fraction of sp³-hybridized carbons (Fsp3) is 0.316. The molecule has 2 rings (SSSR count). The van der Waals surface area contributed by atoms with Gasteiger partial charge in [-0.15, -0.1) is 0 Å². The maximum absolute atomic E-state index is 13.9. The lowest BCUT2D eigenvalue weighted by atomic mass is 10.0. The van der Waals surface area contributed by atoms with Crippen LogP contribution in [0.3, 0.4) is 0 Å². The number of carboxylic acids is 1. The maximum atomic E-state index is 13.9.